The predicted octanol–water partition coefficient (Wildman–Crippen LogP) is 5.32. The highest BCUT2D eigenvalue weighted by Gasteiger charge is 2.31. The summed E-state index contributed by atoms with van der Waals surface area (Å²) in [7, 11) is 1.67. The number of amides is 1. The highest BCUT2D eigenvalue weighted by atomic mass is 16.5. The molecular weight excluding hydrogens is 422 g/mol. The molecule has 2 aliphatic heterocycles. The van der Waals surface area contributed by atoms with Crippen LogP contribution in [0, 0.1) is 5.92 Å². The molecule has 176 valence electrons. The van der Waals surface area contributed by atoms with E-state index in [2.05, 4.69) is 28.0 Å². The molecule has 1 amide bonds. The molecule has 3 aromatic rings. The molecular formula is C29H33N3O2. The van der Waals surface area contributed by atoms with Gasteiger partial charge in [0.2, 0.25) is 0 Å². The van der Waals surface area contributed by atoms with Gasteiger partial charge in [-0.2, -0.15) is 0 Å². The summed E-state index contributed by atoms with van der Waals surface area (Å²) in [4.78, 5) is 20.5. The van der Waals surface area contributed by atoms with Crippen molar-refractivity contribution in [2.75, 3.05) is 49.6 Å². The van der Waals surface area contributed by atoms with Crippen LogP contribution in [0.5, 0.6) is 5.75 Å². The fourth-order valence-electron chi connectivity index (χ4n) is 5.81. The summed E-state index contributed by atoms with van der Waals surface area (Å²) in [5.74, 6) is 1.84. The number of rotatable bonds is 6. The maximum absolute atomic E-state index is 13.4. The molecule has 1 aliphatic carbocycles. The molecule has 0 radical (unpaired) electrons. The second-order valence-corrected chi connectivity index (χ2v) is 10.0. The monoisotopic (exact) mass is 455 g/mol. The van der Waals surface area contributed by atoms with Gasteiger partial charge in [0.1, 0.15) is 5.75 Å². The standard InChI is InChI=1S/C29H33N3O2/c1-34-23-11-9-22(10-12-23)20-32-27-14-13-26(24-7-3-8-25(28(24)27)29(32)33)31-16-4-15-30(17-18-31)19-21-5-2-6-21/h3,7-14,21H,2,4-6,15-20H2,1H3. The minimum atomic E-state index is 0.0936. The van der Waals surface area contributed by atoms with E-state index in [9.17, 15) is 4.79 Å². The Hall–Kier alpha value is -3.05. The molecule has 34 heavy (non-hydrogen) atoms. The first-order chi connectivity index (χ1) is 16.7. The van der Waals surface area contributed by atoms with E-state index in [-0.39, 0.29) is 5.91 Å². The van der Waals surface area contributed by atoms with Crippen molar-refractivity contribution in [2.45, 2.75) is 32.2 Å². The Bertz CT molecular complexity index is 1200. The summed E-state index contributed by atoms with van der Waals surface area (Å²) in [5.41, 5.74) is 4.21. The summed E-state index contributed by atoms with van der Waals surface area (Å²) < 4.78 is 5.28. The average Bonchev–Trinajstić information content (AvgIpc) is 2.99. The van der Waals surface area contributed by atoms with Crippen LogP contribution in [0.1, 0.15) is 41.6 Å². The zero-order chi connectivity index (χ0) is 23.1. The van der Waals surface area contributed by atoms with E-state index in [1.165, 1.54) is 49.8 Å². The van der Waals surface area contributed by atoms with Crippen molar-refractivity contribution in [1.82, 2.24) is 4.90 Å². The number of anilines is 2. The van der Waals surface area contributed by atoms with E-state index in [1.807, 2.05) is 41.3 Å². The normalized spacial score (nSPS) is 18.9. The van der Waals surface area contributed by atoms with Gasteiger partial charge in [-0.15, -0.1) is 0 Å². The van der Waals surface area contributed by atoms with Crippen LogP contribution < -0.4 is 14.5 Å². The van der Waals surface area contributed by atoms with E-state index < -0.39 is 0 Å². The topological polar surface area (TPSA) is 36.0 Å². The van der Waals surface area contributed by atoms with E-state index >= 15 is 0 Å². The van der Waals surface area contributed by atoms with Crippen LogP contribution in [0.3, 0.4) is 0 Å². The van der Waals surface area contributed by atoms with Crippen LogP contribution >= 0.6 is 0 Å². The quantitative estimate of drug-likeness (QED) is 0.504. The van der Waals surface area contributed by atoms with Crippen LogP contribution in [-0.2, 0) is 6.54 Å². The zero-order valence-electron chi connectivity index (χ0n) is 20.0. The first-order valence-corrected chi connectivity index (χ1v) is 12.7. The van der Waals surface area contributed by atoms with Crippen LogP contribution in [0.25, 0.3) is 10.8 Å². The van der Waals surface area contributed by atoms with Gasteiger partial charge in [-0.05, 0) is 67.6 Å². The fraction of sp³-hybridized carbons (Fsp3) is 0.414. The summed E-state index contributed by atoms with van der Waals surface area (Å²) in [6.45, 7) is 6.28. The lowest BCUT2D eigenvalue weighted by molar-refractivity contribution is 0.0991. The number of ether oxygens (including phenoxy) is 1. The molecule has 2 fully saturated rings. The molecule has 0 bridgehead atoms. The second kappa shape index (κ2) is 8.95. The molecule has 3 aliphatic rings. The molecule has 0 aromatic heterocycles. The zero-order valence-corrected chi connectivity index (χ0v) is 20.0. The lowest BCUT2D eigenvalue weighted by atomic mass is 9.85. The maximum atomic E-state index is 13.4. The highest BCUT2D eigenvalue weighted by molar-refractivity contribution is 6.26. The van der Waals surface area contributed by atoms with Gasteiger partial charge in [-0.25, -0.2) is 0 Å². The van der Waals surface area contributed by atoms with Crippen LogP contribution in [0.2, 0.25) is 0 Å². The van der Waals surface area contributed by atoms with Crippen molar-refractivity contribution in [1.29, 1.82) is 0 Å². The highest BCUT2D eigenvalue weighted by Crippen LogP contribution is 2.42. The number of hydrogen-bond acceptors (Lipinski definition) is 4. The number of hydrogen-bond donors (Lipinski definition) is 0. The third-order valence-corrected chi connectivity index (χ3v) is 7.93. The lowest BCUT2D eigenvalue weighted by Gasteiger charge is -2.31. The Morgan fingerprint density at radius 3 is 2.47 bits per heavy atom. The van der Waals surface area contributed by atoms with Crippen molar-refractivity contribution < 1.29 is 9.53 Å². The number of benzene rings is 3. The average molecular weight is 456 g/mol. The number of methoxy groups -OCH3 is 1. The smallest absolute Gasteiger partial charge is 0.259 e. The minimum absolute atomic E-state index is 0.0936. The Labute approximate surface area is 201 Å². The van der Waals surface area contributed by atoms with Crippen LogP contribution in [0.4, 0.5) is 11.4 Å². The molecule has 1 saturated carbocycles. The molecule has 0 spiro atoms. The van der Waals surface area contributed by atoms with Gasteiger partial charge in [-0.1, -0.05) is 30.7 Å². The number of carbonyl (C=O) groups is 1. The van der Waals surface area contributed by atoms with Gasteiger partial charge < -0.3 is 19.4 Å². The Kier molecular flexibility index (Phi) is 5.66. The molecule has 0 atom stereocenters. The molecule has 5 heteroatoms. The third kappa shape index (κ3) is 3.82. The predicted molar refractivity (Wildman–Crippen MR) is 138 cm³/mol. The third-order valence-electron chi connectivity index (χ3n) is 7.93. The summed E-state index contributed by atoms with van der Waals surface area (Å²) in [6, 6.07) is 18.6. The second-order valence-electron chi connectivity index (χ2n) is 10.0. The summed E-state index contributed by atoms with van der Waals surface area (Å²) >= 11 is 0. The molecule has 1 saturated heterocycles. The van der Waals surface area contributed by atoms with E-state index in [4.69, 9.17) is 4.74 Å². The number of nitrogens with zero attached hydrogens (tertiary/aromatic N) is 3. The van der Waals surface area contributed by atoms with Gasteiger partial charge in [0.05, 0.1) is 19.3 Å². The van der Waals surface area contributed by atoms with Gasteiger partial charge in [-0.3, -0.25) is 4.79 Å². The van der Waals surface area contributed by atoms with Crippen molar-refractivity contribution >= 4 is 28.1 Å². The van der Waals surface area contributed by atoms with Crippen molar-refractivity contribution in [3.63, 3.8) is 0 Å². The molecule has 0 unspecified atom stereocenters. The van der Waals surface area contributed by atoms with E-state index in [0.717, 1.165) is 53.5 Å². The Balaban J connectivity index is 1.27. The Morgan fingerprint density at radius 1 is 0.882 bits per heavy atom. The van der Waals surface area contributed by atoms with Crippen LogP contribution in [-0.4, -0.2) is 50.6 Å². The van der Waals surface area contributed by atoms with Gasteiger partial charge in [0.25, 0.3) is 5.91 Å². The molecule has 3 aromatic carbocycles. The molecule has 6 rings (SSSR count). The summed E-state index contributed by atoms with van der Waals surface area (Å²) in [6.07, 6.45) is 5.43. The molecule has 0 N–H and O–H groups in total. The van der Waals surface area contributed by atoms with E-state index in [0.29, 0.717) is 6.54 Å². The largest absolute Gasteiger partial charge is 0.497 e. The van der Waals surface area contributed by atoms with Gasteiger partial charge >= 0.3 is 0 Å². The van der Waals surface area contributed by atoms with Gasteiger partial charge in [0, 0.05) is 48.2 Å². The van der Waals surface area contributed by atoms with Crippen molar-refractivity contribution in [2.24, 2.45) is 5.92 Å². The number of carbonyl (C=O) groups excluding carboxylic acids is 1. The maximum Gasteiger partial charge on any atom is 0.259 e. The minimum Gasteiger partial charge on any atom is -0.497 e. The van der Waals surface area contributed by atoms with Gasteiger partial charge in [0.15, 0.2) is 0 Å². The first kappa shape index (κ1) is 21.5. The first-order valence-electron chi connectivity index (χ1n) is 12.7. The fourth-order valence-corrected chi connectivity index (χ4v) is 5.81. The van der Waals surface area contributed by atoms with Crippen molar-refractivity contribution in [3.8, 4) is 5.75 Å². The Morgan fingerprint density at radius 2 is 1.71 bits per heavy atom. The summed E-state index contributed by atoms with van der Waals surface area (Å²) in [5, 5.41) is 2.31. The lowest BCUT2D eigenvalue weighted by Crippen LogP contribution is -2.35. The molecule has 5 nitrogen and oxygen atoms in total. The van der Waals surface area contributed by atoms with Crippen molar-refractivity contribution in [3.05, 3.63) is 65.7 Å². The molecule has 2 heterocycles. The SMILES string of the molecule is COc1ccc(CN2C(=O)c3cccc4c(N5CCCN(CC6CCC6)CC5)ccc2c34)cc1. The van der Waals surface area contributed by atoms with Crippen LogP contribution in [0.15, 0.2) is 54.6 Å². The van der Waals surface area contributed by atoms with E-state index in [1.54, 1.807) is 7.11 Å².